The van der Waals surface area contributed by atoms with Crippen LogP contribution in [0.2, 0.25) is 0 Å². The molecule has 2 aromatic rings. The summed E-state index contributed by atoms with van der Waals surface area (Å²) in [5.41, 5.74) is 1.34. The SMILES string of the molecule is CC(=O)Oc1ccc[c]c1-c1ccc(S(C)(=O)=O)cc1. The first-order valence-electron chi connectivity index (χ1n) is 5.87. The molecule has 0 aliphatic carbocycles. The first-order valence-corrected chi connectivity index (χ1v) is 7.76. The molecule has 103 valence electrons. The molecule has 0 aliphatic heterocycles. The Kier molecular flexibility index (Phi) is 3.90. The summed E-state index contributed by atoms with van der Waals surface area (Å²) < 4.78 is 27.9. The molecule has 20 heavy (non-hydrogen) atoms. The van der Waals surface area contributed by atoms with Crippen LogP contribution in [0.25, 0.3) is 11.1 Å². The number of carbonyl (C=O) groups is 1. The monoisotopic (exact) mass is 289 g/mol. The molecule has 0 bridgehead atoms. The van der Waals surface area contributed by atoms with E-state index in [-0.39, 0.29) is 4.90 Å². The van der Waals surface area contributed by atoms with Gasteiger partial charge < -0.3 is 4.74 Å². The van der Waals surface area contributed by atoms with Crippen LogP contribution in [0.15, 0.2) is 47.4 Å². The summed E-state index contributed by atoms with van der Waals surface area (Å²) in [4.78, 5) is 11.3. The summed E-state index contributed by atoms with van der Waals surface area (Å²) in [6.45, 7) is 1.32. The fourth-order valence-corrected chi connectivity index (χ4v) is 2.39. The number of ether oxygens (including phenoxy) is 1. The van der Waals surface area contributed by atoms with E-state index in [0.717, 1.165) is 11.8 Å². The van der Waals surface area contributed by atoms with Crippen molar-refractivity contribution in [2.24, 2.45) is 0 Å². The van der Waals surface area contributed by atoms with Crippen LogP contribution < -0.4 is 4.74 Å². The molecule has 4 nitrogen and oxygen atoms in total. The standard InChI is InChI=1S/C15H13O4S/c1-11(16)19-15-6-4-3-5-14(15)12-7-9-13(10-8-12)20(2,17)18/h3-4,6-10H,1-2H3. The van der Waals surface area contributed by atoms with Crippen LogP contribution in [-0.2, 0) is 14.6 Å². The maximum atomic E-state index is 11.4. The second-order valence-corrected chi connectivity index (χ2v) is 6.32. The lowest BCUT2D eigenvalue weighted by molar-refractivity contribution is -0.131. The van der Waals surface area contributed by atoms with E-state index in [9.17, 15) is 13.2 Å². The molecule has 0 heterocycles. The molecule has 1 radical (unpaired) electrons. The lowest BCUT2D eigenvalue weighted by Crippen LogP contribution is -2.02. The minimum atomic E-state index is -3.23. The van der Waals surface area contributed by atoms with Gasteiger partial charge in [0, 0.05) is 18.7 Å². The number of hydrogen-bond donors (Lipinski definition) is 0. The van der Waals surface area contributed by atoms with Gasteiger partial charge in [-0.3, -0.25) is 4.79 Å². The molecule has 0 fully saturated rings. The Hall–Kier alpha value is -2.14. The number of esters is 1. The molecule has 0 N–H and O–H groups in total. The van der Waals surface area contributed by atoms with Crippen LogP contribution in [0.1, 0.15) is 6.92 Å². The molecule has 2 rings (SSSR count). The highest BCUT2D eigenvalue weighted by atomic mass is 32.2. The Bertz CT molecular complexity index is 731. The molecule has 5 heteroatoms. The molecule has 0 aliphatic rings. The maximum Gasteiger partial charge on any atom is 0.308 e. The van der Waals surface area contributed by atoms with E-state index in [1.165, 1.54) is 19.1 Å². The van der Waals surface area contributed by atoms with E-state index in [2.05, 4.69) is 6.07 Å². The maximum absolute atomic E-state index is 11.4. The molecule has 0 unspecified atom stereocenters. The van der Waals surface area contributed by atoms with Crippen molar-refractivity contribution < 1.29 is 17.9 Å². The van der Waals surface area contributed by atoms with Crippen molar-refractivity contribution in [3.05, 3.63) is 48.5 Å². The fraction of sp³-hybridized carbons (Fsp3) is 0.133. The predicted molar refractivity (Wildman–Crippen MR) is 75.1 cm³/mol. The molecule has 0 atom stereocenters. The summed E-state index contributed by atoms with van der Waals surface area (Å²) >= 11 is 0. The third kappa shape index (κ3) is 3.24. The second kappa shape index (κ2) is 5.46. The average Bonchev–Trinajstić information content (AvgIpc) is 2.38. The summed E-state index contributed by atoms with van der Waals surface area (Å²) in [7, 11) is -3.23. The van der Waals surface area contributed by atoms with Gasteiger partial charge in [0.1, 0.15) is 5.75 Å². The van der Waals surface area contributed by atoms with Gasteiger partial charge in [0.05, 0.1) is 4.90 Å². The topological polar surface area (TPSA) is 60.4 Å². The smallest absolute Gasteiger partial charge is 0.308 e. The van der Waals surface area contributed by atoms with E-state index in [1.807, 2.05) is 0 Å². The minimum absolute atomic E-state index is 0.242. The summed E-state index contributed by atoms with van der Waals surface area (Å²) in [5.74, 6) is -0.0225. The molecule has 2 aromatic carbocycles. The highest BCUT2D eigenvalue weighted by Crippen LogP contribution is 2.30. The molecular formula is C15H13O4S. The van der Waals surface area contributed by atoms with Gasteiger partial charge in [0.25, 0.3) is 0 Å². The highest BCUT2D eigenvalue weighted by Gasteiger charge is 2.10. The van der Waals surface area contributed by atoms with Crippen LogP contribution in [0.4, 0.5) is 0 Å². The Morgan fingerprint density at radius 2 is 1.80 bits per heavy atom. The third-order valence-electron chi connectivity index (χ3n) is 2.64. The minimum Gasteiger partial charge on any atom is -0.426 e. The number of hydrogen-bond acceptors (Lipinski definition) is 4. The lowest BCUT2D eigenvalue weighted by Gasteiger charge is -2.09. The van der Waals surface area contributed by atoms with Crippen molar-refractivity contribution in [2.75, 3.05) is 6.26 Å². The Morgan fingerprint density at radius 3 is 2.35 bits per heavy atom. The summed E-state index contributed by atoms with van der Waals surface area (Å²) in [6.07, 6.45) is 1.15. The Morgan fingerprint density at radius 1 is 1.15 bits per heavy atom. The Balaban J connectivity index is 2.44. The number of carbonyl (C=O) groups excluding carboxylic acids is 1. The quantitative estimate of drug-likeness (QED) is 0.643. The molecular weight excluding hydrogens is 276 g/mol. The van der Waals surface area contributed by atoms with Gasteiger partial charge in [-0.05, 0) is 29.8 Å². The van der Waals surface area contributed by atoms with Crippen LogP contribution in [0.5, 0.6) is 5.75 Å². The number of benzene rings is 2. The normalized spacial score (nSPS) is 11.1. The molecule has 0 saturated heterocycles. The molecule has 0 aromatic heterocycles. The average molecular weight is 289 g/mol. The van der Waals surface area contributed by atoms with Crippen LogP contribution in [0, 0.1) is 6.07 Å². The fourth-order valence-electron chi connectivity index (χ4n) is 1.76. The first kappa shape index (κ1) is 14.3. The zero-order valence-corrected chi connectivity index (χ0v) is 11.9. The van der Waals surface area contributed by atoms with E-state index in [0.29, 0.717) is 11.3 Å². The van der Waals surface area contributed by atoms with Crippen LogP contribution in [-0.4, -0.2) is 20.6 Å². The van der Waals surface area contributed by atoms with Crippen molar-refractivity contribution >= 4 is 15.8 Å². The van der Waals surface area contributed by atoms with Gasteiger partial charge in [-0.25, -0.2) is 8.42 Å². The van der Waals surface area contributed by atoms with Crippen LogP contribution in [0.3, 0.4) is 0 Å². The van der Waals surface area contributed by atoms with Gasteiger partial charge in [0.15, 0.2) is 9.84 Å². The number of sulfone groups is 1. The van der Waals surface area contributed by atoms with Crippen molar-refractivity contribution in [3.8, 4) is 16.9 Å². The van der Waals surface area contributed by atoms with E-state index in [1.54, 1.807) is 30.3 Å². The first-order chi connectivity index (χ1) is 9.38. The zero-order valence-electron chi connectivity index (χ0n) is 11.1. The van der Waals surface area contributed by atoms with Crippen molar-refractivity contribution in [1.82, 2.24) is 0 Å². The summed E-state index contributed by atoms with van der Waals surface area (Å²) in [6, 6.07) is 14.4. The van der Waals surface area contributed by atoms with Crippen molar-refractivity contribution in [2.45, 2.75) is 11.8 Å². The Labute approximate surface area is 117 Å². The predicted octanol–water partition coefficient (Wildman–Crippen LogP) is 2.48. The molecule has 0 amide bonds. The van der Waals surface area contributed by atoms with E-state index < -0.39 is 15.8 Å². The number of rotatable bonds is 3. The van der Waals surface area contributed by atoms with Crippen LogP contribution >= 0.6 is 0 Å². The largest absolute Gasteiger partial charge is 0.426 e. The lowest BCUT2D eigenvalue weighted by atomic mass is 10.1. The molecule has 0 saturated carbocycles. The molecule has 0 spiro atoms. The third-order valence-corrected chi connectivity index (χ3v) is 3.77. The highest BCUT2D eigenvalue weighted by molar-refractivity contribution is 7.90. The summed E-state index contributed by atoms with van der Waals surface area (Å²) in [5, 5.41) is 0. The van der Waals surface area contributed by atoms with Gasteiger partial charge in [-0.15, -0.1) is 0 Å². The van der Waals surface area contributed by atoms with E-state index in [4.69, 9.17) is 4.74 Å². The van der Waals surface area contributed by atoms with Crippen molar-refractivity contribution in [1.29, 1.82) is 0 Å². The second-order valence-electron chi connectivity index (χ2n) is 4.30. The van der Waals surface area contributed by atoms with Crippen molar-refractivity contribution in [3.63, 3.8) is 0 Å². The van der Waals surface area contributed by atoms with Gasteiger partial charge in [0.2, 0.25) is 0 Å². The van der Waals surface area contributed by atoms with E-state index >= 15 is 0 Å². The zero-order chi connectivity index (χ0) is 14.8. The van der Waals surface area contributed by atoms with Gasteiger partial charge in [-0.2, -0.15) is 0 Å². The van der Waals surface area contributed by atoms with Gasteiger partial charge in [-0.1, -0.05) is 24.3 Å². The van der Waals surface area contributed by atoms with Gasteiger partial charge >= 0.3 is 5.97 Å².